The summed E-state index contributed by atoms with van der Waals surface area (Å²) in [6.45, 7) is 6.10. The first-order valence-electron chi connectivity index (χ1n) is 6.65. The van der Waals surface area contributed by atoms with E-state index in [9.17, 15) is 4.79 Å². The van der Waals surface area contributed by atoms with Crippen LogP contribution in [-0.4, -0.2) is 37.0 Å². The molecule has 0 unspecified atom stereocenters. The number of carbonyl (C=O) groups is 1. The number of amides is 1. The van der Waals surface area contributed by atoms with Gasteiger partial charge in [-0.05, 0) is 18.2 Å². The largest absolute Gasteiger partial charge is 0.366 e. The molecule has 1 aromatic carbocycles. The van der Waals surface area contributed by atoms with E-state index in [1.807, 2.05) is 12.1 Å². The van der Waals surface area contributed by atoms with Crippen molar-refractivity contribution in [2.24, 2.45) is 0 Å². The Morgan fingerprint density at radius 1 is 1.52 bits per heavy atom. The van der Waals surface area contributed by atoms with Crippen LogP contribution in [0.25, 0.3) is 0 Å². The summed E-state index contributed by atoms with van der Waals surface area (Å²) in [5, 5.41) is 7.10. The van der Waals surface area contributed by atoms with E-state index in [0.717, 1.165) is 17.1 Å². The van der Waals surface area contributed by atoms with E-state index in [2.05, 4.69) is 24.5 Å². The number of anilines is 1. The van der Waals surface area contributed by atoms with Gasteiger partial charge in [0.25, 0.3) is 5.91 Å². The highest BCUT2D eigenvalue weighted by Gasteiger charge is 2.22. The lowest BCUT2D eigenvalue weighted by molar-refractivity contribution is -0.128. The molecule has 0 radical (unpaired) electrons. The van der Waals surface area contributed by atoms with Crippen LogP contribution in [0.3, 0.4) is 0 Å². The Bertz CT molecular complexity index is 480. The number of morpholine rings is 1. The molecule has 1 aliphatic rings. The van der Waals surface area contributed by atoms with Crippen molar-refractivity contribution < 1.29 is 9.53 Å². The van der Waals surface area contributed by atoms with Crippen LogP contribution in [0.1, 0.15) is 13.8 Å². The maximum Gasteiger partial charge on any atom is 0.254 e. The number of carbonyl (C=O) groups excluding carboxylic acids is 1. The van der Waals surface area contributed by atoms with E-state index >= 15 is 0 Å². The number of hydrogen-bond acceptors (Lipinski definition) is 4. The molecule has 0 aromatic heterocycles. The fraction of sp³-hybridized carbons (Fsp3) is 0.500. The van der Waals surface area contributed by atoms with Gasteiger partial charge in [0, 0.05) is 28.3 Å². The van der Waals surface area contributed by atoms with Crippen molar-refractivity contribution in [2.75, 3.05) is 25.0 Å². The van der Waals surface area contributed by atoms with Crippen molar-refractivity contribution in [3.05, 3.63) is 23.2 Å². The average molecular weight is 351 g/mol. The minimum atomic E-state index is -0.445. The molecule has 0 spiro atoms. The maximum absolute atomic E-state index is 12.2. The van der Waals surface area contributed by atoms with Crippen LogP contribution in [0.5, 0.6) is 0 Å². The number of halogens is 2. The van der Waals surface area contributed by atoms with E-state index in [1.54, 1.807) is 17.8 Å². The van der Waals surface area contributed by atoms with E-state index in [-0.39, 0.29) is 18.3 Å². The van der Waals surface area contributed by atoms with Crippen molar-refractivity contribution in [1.82, 2.24) is 5.32 Å². The lowest BCUT2D eigenvalue weighted by Gasteiger charge is -2.23. The summed E-state index contributed by atoms with van der Waals surface area (Å²) in [7, 11) is 0. The van der Waals surface area contributed by atoms with Gasteiger partial charge in [-0.1, -0.05) is 25.4 Å². The Morgan fingerprint density at radius 2 is 2.29 bits per heavy atom. The second-order valence-electron chi connectivity index (χ2n) is 4.86. The number of rotatable bonds is 4. The first-order valence-corrected chi connectivity index (χ1v) is 7.91. The topological polar surface area (TPSA) is 50.4 Å². The smallest absolute Gasteiger partial charge is 0.254 e. The highest BCUT2D eigenvalue weighted by atomic mass is 35.5. The lowest BCUT2D eigenvalue weighted by Crippen LogP contribution is -2.45. The van der Waals surface area contributed by atoms with Crippen LogP contribution in [0, 0.1) is 0 Å². The molecule has 1 heterocycles. The summed E-state index contributed by atoms with van der Waals surface area (Å²) in [5.41, 5.74) is 0.746. The van der Waals surface area contributed by atoms with E-state index in [4.69, 9.17) is 16.3 Å². The summed E-state index contributed by atoms with van der Waals surface area (Å²) in [5.74, 6) is -0.134. The molecule has 0 aliphatic carbocycles. The molecule has 1 fully saturated rings. The molecular weight excluding hydrogens is 331 g/mol. The van der Waals surface area contributed by atoms with Crippen LogP contribution < -0.4 is 10.6 Å². The summed E-state index contributed by atoms with van der Waals surface area (Å²) in [4.78, 5) is 13.2. The van der Waals surface area contributed by atoms with Crippen LogP contribution in [0.15, 0.2) is 23.1 Å². The van der Waals surface area contributed by atoms with E-state index in [1.165, 1.54) is 0 Å². The van der Waals surface area contributed by atoms with Gasteiger partial charge in [-0.25, -0.2) is 0 Å². The first kappa shape index (κ1) is 18.6. The van der Waals surface area contributed by atoms with Gasteiger partial charge in [0.1, 0.15) is 6.10 Å². The first-order chi connectivity index (χ1) is 9.56. The third kappa shape index (κ3) is 5.68. The Balaban J connectivity index is 0.00000220. The van der Waals surface area contributed by atoms with Gasteiger partial charge in [-0.3, -0.25) is 4.79 Å². The van der Waals surface area contributed by atoms with Gasteiger partial charge in [-0.2, -0.15) is 0 Å². The molecule has 1 aliphatic heterocycles. The normalized spacial score (nSPS) is 18.2. The summed E-state index contributed by atoms with van der Waals surface area (Å²) >= 11 is 7.71. The molecule has 4 nitrogen and oxygen atoms in total. The van der Waals surface area contributed by atoms with Gasteiger partial charge in [0.15, 0.2) is 0 Å². The summed E-state index contributed by atoms with van der Waals surface area (Å²) in [6, 6.07) is 5.55. The number of ether oxygens (including phenoxy) is 1. The highest BCUT2D eigenvalue weighted by molar-refractivity contribution is 8.00. The highest BCUT2D eigenvalue weighted by Crippen LogP contribution is 2.32. The molecule has 118 valence electrons. The van der Waals surface area contributed by atoms with Crippen molar-refractivity contribution in [1.29, 1.82) is 0 Å². The van der Waals surface area contributed by atoms with Crippen LogP contribution in [0.4, 0.5) is 5.69 Å². The van der Waals surface area contributed by atoms with Crippen LogP contribution >= 0.6 is 35.8 Å². The lowest BCUT2D eigenvalue weighted by atomic mass is 10.2. The average Bonchev–Trinajstić information content (AvgIpc) is 2.42. The van der Waals surface area contributed by atoms with Gasteiger partial charge in [-0.15, -0.1) is 24.2 Å². The molecule has 21 heavy (non-hydrogen) atoms. The zero-order valence-corrected chi connectivity index (χ0v) is 14.4. The van der Waals surface area contributed by atoms with Gasteiger partial charge in [0.05, 0.1) is 12.3 Å². The molecule has 1 aromatic rings. The Hall–Kier alpha value is -0.460. The molecule has 7 heteroatoms. The molecule has 0 saturated carbocycles. The van der Waals surface area contributed by atoms with Crippen molar-refractivity contribution in [2.45, 2.75) is 30.1 Å². The molecule has 0 bridgehead atoms. The molecule has 2 N–H and O–H groups in total. The summed E-state index contributed by atoms with van der Waals surface area (Å²) in [6.07, 6.45) is -0.445. The Kier molecular flexibility index (Phi) is 7.84. The number of benzene rings is 1. The molecule has 1 amide bonds. The third-order valence-electron chi connectivity index (χ3n) is 2.78. The number of nitrogens with one attached hydrogen (secondary N) is 2. The quantitative estimate of drug-likeness (QED) is 0.818. The van der Waals surface area contributed by atoms with Gasteiger partial charge in [0.2, 0.25) is 0 Å². The number of hydrogen-bond donors (Lipinski definition) is 2. The maximum atomic E-state index is 12.2. The zero-order chi connectivity index (χ0) is 14.5. The third-order valence-corrected chi connectivity index (χ3v) is 4.10. The monoisotopic (exact) mass is 350 g/mol. The van der Waals surface area contributed by atoms with Crippen LogP contribution in [-0.2, 0) is 9.53 Å². The Labute approximate surface area is 140 Å². The standard InChI is InChI=1S/C14H19ClN2O2S.ClH/c1-9(2)20-13-4-3-10(15)7-11(13)17-14(18)12-8-16-5-6-19-12;/h3-4,7,9,12,16H,5-6,8H2,1-2H3,(H,17,18);1H/t12-;/m1./s1. The zero-order valence-electron chi connectivity index (χ0n) is 12.0. The van der Waals surface area contributed by atoms with Crippen LogP contribution in [0.2, 0.25) is 5.02 Å². The fourth-order valence-electron chi connectivity index (χ4n) is 1.90. The predicted octanol–water partition coefficient (Wildman–Crippen LogP) is 3.19. The second-order valence-corrected chi connectivity index (χ2v) is 6.91. The van der Waals surface area contributed by atoms with Gasteiger partial charge < -0.3 is 15.4 Å². The number of thioether (sulfide) groups is 1. The van der Waals surface area contributed by atoms with Gasteiger partial charge >= 0.3 is 0 Å². The predicted molar refractivity (Wildman–Crippen MR) is 90.9 cm³/mol. The molecule has 2 rings (SSSR count). The fourth-order valence-corrected chi connectivity index (χ4v) is 2.97. The Morgan fingerprint density at radius 3 is 2.90 bits per heavy atom. The minimum Gasteiger partial charge on any atom is -0.366 e. The summed E-state index contributed by atoms with van der Waals surface area (Å²) < 4.78 is 5.45. The molecular formula is C14H20Cl2N2O2S. The SMILES string of the molecule is CC(C)Sc1ccc(Cl)cc1NC(=O)[C@H]1CNCCO1.Cl. The van der Waals surface area contributed by atoms with E-state index in [0.29, 0.717) is 23.4 Å². The van der Waals surface area contributed by atoms with E-state index < -0.39 is 6.10 Å². The van der Waals surface area contributed by atoms with Crippen molar-refractivity contribution in [3.63, 3.8) is 0 Å². The minimum absolute atomic E-state index is 0. The molecule has 1 saturated heterocycles. The van der Waals surface area contributed by atoms with Crippen molar-refractivity contribution >= 4 is 47.4 Å². The van der Waals surface area contributed by atoms with Crippen molar-refractivity contribution in [3.8, 4) is 0 Å². The molecule has 1 atom stereocenters. The second kappa shape index (κ2) is 8.86.